The van der Waals surface area contributed by atoms with Crippen LogP contribution < -0.4 is 5.73 Å². The first kappa shape index (κ1) is 10.0. The summed E-state index contributed by atoms with van der Waals surface area (Å²) in [5.41, 5.74) is 10.2. The topological polar surface area (TPSA) is 64.9 Å². The molecule has 0 atom stereocenters. The van der Waals surface area contributed by atoms with Gasteiger partial charge in [0.2, 0.25) is 5.88 Å². The number of rotatable bonds is 2. The monoisotopic (exact) mass is 243 g/mol. The lowest BCUT2D eigenvalue weighted by atomic mass is 10.1. The summed E-state index contributed by atoms with van der Waals surface area (Å²) < 4.78 is 5.08. The lowest BCUT2D eigenvalue weighted by Gasteiger charge is -1.99. The Morgan fingerprint density at radius 2 is 2.00 bits per heavy atom. The summed E-state index contributed by atoms with van der Waals surface area (Å²) in [5.74, 6) is 0.333. The van der Waals surface area contributed by atoms with Crippen molar-refractivity contribution in [1.82, 2.24) is 10.1 Å². The normalized spacial score (nSPS) is 10.6. The molecule has 1 aromatic carbocycles. The molecule has 84 valence electrons. The smallest absolute Gasteiger partial charge is 0.230 e. The Hall–Kier alpha value is -2.14. The molecule has 0 aliphatic heterocycles. The van der Waals surface area contributed by atoms with Gasteiger partial charge < -0.3 is 10.3 Å². The van der Waals surface area contributed by atoms with E-state index in [1.165, 1.54) is 11.3 Å². The van der Waals surface area contributed by atoms with Crippen LogP contribution in [-0.2, 0) is 0 Å². The number of thiazole rings is 1. The van der Waals surface area contributed by atoms with Gasteiger partial charge in [0.15, 0.2) is 0 Å². The minimum absolute atomic E-state index is 0.333. The van der Waals surface area contributed by atoms with Crippen LogP contribution >= 0.6 is 11.3 Å². The van der Waals surface area contributed by atoms with Gasteiger partial charge in [-0.25, -0.2) is 0 Å². The molecule has 0 unspecified atom stereocenters. The van der Waals surface area contributed by atoms with Crippen LogP contribution in [0.15, 0.2) is 46.6 Å². The first-order valence-electron chi connectivity index (χ1n) is 5.05. The highest BCUT2D eigenvalue weighted by Crippen LogP contribution is 2.37. The van der Waals surface area contributed by atoms with E-state index in [1.54, 1.807) is 11.7 Å². The standard InChI is InChI=1S/C12H9N3OS/c13-12-10(8-4-2-1-3-5-8)11(15-16-12)9-6-14-7-17-9/h1-7H,13H2. The summed E-state index contributed by atoms with van der Waals surface area (Å²) in [6.07, 6.45) is 1.76. The molecule has 3 aromatic rings. The van der Waals surface area contributed by atoms with Crippen molar-refractivity contribution >= 4 is 17.2 Å². The fourth-order valence-electron chi connectivity index (χ4n) is 1.69. The number of anilines is 1. The summed E-state index contributed by atoms with van der Waals surface area (Å²) in [4.78, 5) is 4.99. The Morgan fingerprint density at radius 3 is 2.71 bits per heavy atom. The Kier molecular flexibility index (Phi) is 2.38. The predicted molar refractivity (Wildman–Crippen MR) is 67.5 cm³/mol. The SMILES string of the molecule is Nc1onc(-c2cncs2)c1-c1ccccc1. The maximum absolute atomic E-state index is 5.83. The van der Waals surface area contributed by atoms with E-state index in [0.717, 1.165) is 21.7 Å². The van der Waals surface area contributed by atoms with E-state index in [4.69, 9.17) is 10.3 Å². The second kappa shape index (κ2) is 4.03. The highest BCUT2D eigenvalue weighted by Gasteiger charge is 2.17. The quantitative estimate of drug-likeness (QED) is 0.751. The molecule has 0 radical (unpaired) electrons. The van der Waals surface area contributed by atoms with Gasteiger partial charge >= 0.3 is 0 Å². The van der Waals surface area contributed by atoms with Gasteiger partial charge in [0.1, 0.15) is 5.69 Å². The molecule has 2 heterocycles. The van der Waals surface area contributed by atoms with E-state index in [2.05, 4.69) is 10.1 Å². The van der Waals surface area contributed by atoms with E-state index in [0.29, 0.717) is 5.88 Å². The van der Waals surface area contributed by atoms with Crippen molar-refractivity contribution in [2.75, 3.05) is 5.73 Å². The molecule has 17 heavy (non-hydrogen) atoms. The van der Waals surface area contributed by atoms with Gasteiger partial charge in [-0.05, 0) is 5.56 Å². The minimum atomic E-state index is 0.333. The molecule has 2 aromatic heterocycles. The Morgan fingerprint density at radius 1 is 1.18 bits per heavy atom. The van der Waals surface area contributed by atoms with Crippen molar-refractivity contribution in [1.29, 1.82) is 0 Å². The van der Waals surface area contributed by atoms with Crippen molar-refractivity contribution in [3.63, 3.8) is 0 Å². The van der Waals surface area contributed by atoms with Gasteiger partial charge in [0.25, 0.3) is 0 Å². The van der Waals surface area contributed by atoms with Crippen LogP contribution in [0.3, 0.4) is 0 Å². The predicted octanol–water partition coefficient (Wildman–Crippen LogP) is 3.05. The number of benzene rings is 1. The summed E-state index contributed by atoms with van der Waals surface area (Å²) in [7, 11) is 0. The number of nitrogens with zero attached hydrogens (tertiary/aromatic N) is 2. The third kappa shape index (κ3) is 1.70. The van der Waals surface area contributed by atoms with Gasteiger partial charge in [-0.1, -0.05) is 35.5 Å². The fraction of sp³-hybridized carbons (Fsp3) is 0. The first-order chi connectivity index (χ1) is 8.36. The Bertz CT molecular complexity index is 617. The first-order valence-corrected chi connectivity index (χ1v) is 5.93. The maximum Gasteiger partial charge on any atom is 0.230 e. The van der Waals surface area contributed by atoms with E-state index >= 15 is 0 Å². The van der Waals surface area contributed by atoms with Crippen molar-refractivity contribution in [3.8, 4) is 21.7 Å². The van der Waals surface area contributed by atoms with E-state index in [1.807, 2.05) is 30.3 Å². The van der Waals surface area contributed by atoms with Crippen molar-refractivity contribution in [2.24, 2.45) is 0 Å². The summed E-state index contributed by atoms with van der Waals surface area (Å²) in [6, 6.07) is 9.83. The molecule has 0 saturated carbocycles. The molecule has 0 amide bonds. The largest absolute Gasteiger partial charge is 0.367 e. The van der Waals surface area contributed by atoms with Crippen molar-refractivity contribution < 1.29 is 4.52 Å². The second-order valence-corrected chi connectivity index (χ2v) is 4.39. The lowest BCUT2D eigenvalue weighted by molar-refractivity contribution is 0.439. The summed E-state index contributed by atoms with van der Waals surface area (Å²) >= 11 is 1.51. The molecule has 0 saturated heterocycles. The van der Waals surface area contributed by atoms with Crippen molar-refractivity contribution in [2.45, 2.75) is 0 Å². The average Bonchev–Trinajstić information content (AvgIpc) is 2.98. The molecular formula is C12H9N3OS. The molecule has 2 N–H and O–H groups in total. The Labute approximate surface area is 102 Å². The van der Waals surface area contributed by atoms with Crippen LogP contribution in [0.25, 0.3) is 21.7 Å². The molecular weight excluding hydrogens is 234 g/mol. The van der Waals surface area contributed by atoms with Gasteiger partial charge in [0, 0.05) is 6.20 Å². The second-order valence-electron chi connectivity index (χ2n) is 3.50. The van der Waals surface area contributed by atoms with Crippen LogP contribution in [0.2, 0.25) is 0 Å². The molecule has 0 fully saturated rings. The van der Waals surface area contributed by atoms with Crippen LogP contribution in [0, 0.1) is 0 Å². The third-order valence-electron chi connectivity index (χ3n) is 2.45. The number of aromatic nitrogens is 2. The van der Waals surface area contributed by atoms with Crippen LogP contribution in [-0.4, -0.2) is 10.1 Å². The fourth-order valence-corrected chi connectivity index (χ4v) is 2.30. The number of nitrogens with two attached hydrogens (primary N) is 1. The van der Waals surface area contributed by atoms with Gasteiger partial charge in [-0.2, -0.15) is 0 Å². The zero-order valence-electron chi connectivity index (χ0n) is 8.83. The minimum Gasteiger partial charge on any atom is -0.367 e. The zero-order chi connectivity index (χ0) is 11.7. The highest BCUT2D eigenvalue weighted by atomic mass is 32.1. The summed E-state index contributed by atoms with van der Waals surface area (Å²) in [5, 5.41) is 4.00. The van der Waals surface area contributed by atoms with Crippen LogP contribution in [0.1, 0.15) is 0 Å². The molecule has 0 bridgehead atoms. The Balaban J connectivity index is 2.20. The molecule has 3 rings (SSSR count). The third-order valence-corrected chi connectivity index (χ3v) is 3.23. The van der Waals surface area contributed by atoms with Crippen molar-refractivity contribution in [3.05, 3.63) is 42.0 Å². The zero-order valence-corrected chi connectivity index (χ0v) is 9.65. The average molecular weight is 243 g/mol. The number of hydrogen-bond donors (Lipinski definition) is 1. The van der Waals surface area contributed by atoms with E-state index in [9.17, 15) is 0 Å². The number of nitrogen functional groups attached to an aromatic ring is 1. The van der Waals surface area contributed by atoms with Crippen LogP contribution in [0.4, 0.5) is 5.88 Å². The molecule has 5 heteroatoms. The van der Waals surface area contributed by atoms with Gasteiger partial charge in [0.05, 0.1) is 16.0 Å². The van der Waals surface area contributed by atoms with E-state index < -0.39 is 0 Å². The molecule has 0 spiro atoms. The number of hydrogen-bond acceptors (Lipinski definition) is 5. The molecule has 0 aliphatic carbocycles. The van der Waals surface area contributed by atoms with Gasteiger partial charge in [-0.3, -0.25) is 4.98 Å². The summed E-state index contributed by atoms with van der Waals surface area (Å²) in [6.45, 7) is 0. The van der Waals surface area contributed by atoms with Gasteiger partial charge in [-0.15, -0.1) is 11.3 Å². The maximum atomic E-state index is 5.83. The molecule has 4 nitrogen and oxygen atoms in total. The highest BCUT2D eigenvalue weighted by molar-refractivity contribution is 7.13. The van der Waals surface area contributed by atoms with Crippen LogP contribution in [0.5, 0.6) is 0 Å². The van der Waals surface area contributed by atoms with E-state index in [-0.39, 0.29) is 0 Å². The lowest BCUT2D eigenvalue weighted by Crippen LogP contribution is -1.86. The molecule has 0 aliphatic rings.